The number of hydrogen-bond donors (Lipinski definition) is 1. The molecule has 0 bridgehead atoms. The molecule has 4 rings (SSSR count). The van der Waals surface area contributed by atoms with Crippen LogP contribution in [0.15, 0.2) is 23.0 Å². The Bertz CT molecular complexity index is 1120. The zero-order valence-corrected chi connectivity index (χ0v) is 16.7. The normalized spacial score (nSPS) is 14.3. The van der Waals surface area contributed by atoms with Crippen molar-refractivity contribution in [3.8, 4) is 11.5 Å². The molecule has 0 saturated carbocycles. The van der Waals surface area contributed by atoms with Crippen molar-refractivity contribution in [3.05, 3.63) is 50.4 Å². The molecule has 0 spiro atoms. The molecule has 0 saturated heterocycles. The van der Waals surface area contributed by atoms with E-state index in [1.54, 1.807) is 35.6 Å². The molecule has 0 fully saturated rings. The number of methoxy groups -OCH3 is 1. The first kappa shape index (κ1) is 19.6. The molecule has 1 aromatic carbocycles. The van der Waals surface area contributed by atoms with Gasteiger partial charge in [-0.05, 0) is 55.0 Å². The van der Waals surface area contributed by atoms with Gasteiger partial charge in [0.05, 0.1) is 12.5 Å². The Morgan fingerprint density at radius 2 is 2.00 bits per heavy atom. The lowest BCUT2D eigenvalue weighted by atomic mass is 10.1. The summed E-state index contributed by atoms with van der Waals surface area (Å²) in [6.07, 6.45) is 8.69. The molecule has 0 atom stereocenters. The topological polar surface area (TPSA) is 64.2 Å². The van der Waals surface area contributed by atoms with E-state index in [9.17, 15) is 13.6 Å². The molecule has 0 unspecified atom stereocenters. The van der Waals surface area contributed by atoms with Crippen LogP contribution in [0.1, 0.15) is 41.1 Å². The van der Waals surface area contributed by atoms with E-state index in [2.05, 4.69) is 14.7 Å². The number of nitrogens with one attached hydrogen (secondary N) is 1. The minimum absolute atomic E-state index is 0.0523. The number of thiophene rings is 1. The average molecular weight is 418 g/mol. The van der Waals surface area contributed by atoms with E-state index in [-0.39, 0.29) is 17.1 Å². The van der Waals surface area contributed by atoms with Crippen LogP contribution < -0.4 is 15.0 Å². The van der Waals surface area contributed by atoms with E-state index in [0.29, 0.717) is 16.8 Å². The van der Waals surface area contributed by atoms with Gasteiger partial charge in [0.15, 0.2) is 11.5 Å². The van der Waals surface area contributed by atoms with Crippen LogP contribution in [0.4, 0.5) is 8.78 Å². The Morgan fingerprint density at radius 1 is 1.17 bits per heavy atom. The first-order chi connectivity index (χ1) is 14.0. The van der Waals surface area contributed by atoms with E-state index in [0.717, 1.165) is 36.1 Å². The second-order valence-corrected chi connectivity index (χ2v) is 7.90. The van der Waals surface area contributed by atoms with Gasteiger partial charge in [-0.2, -0.15) is 8.78 Å². The van der Waals surface area contributed by atoms with Crippen LogP contribution in [0.5, 0.6) is 11.5 Å². The Labute approximate surface area is 170 Å². The second-order valence-electron chi connectivity index (χ2n) is 6.82. The van der Waals surface area contributed by atoms with E-state index < -0.39 is 6.61 Å². The maximum absolute atomic E-state index is 12.7. The van der Waals surface area contributed by atoms with Crippen molar-refractivity contribution in [2.45, 2.75) is 38.7 Å². The highest BCUT2D eigenvalue weighted by molar-refractivity contribution is 7.18. The first-order valence-electron chi connectivity index (χ1n) is 9.40. The predicted molar refractivity (Wildman–Crippen MR) is 110 cm³/mol. The standard InChI is InChI=1S/C21H20F2N2O3S/c1-27-14-9-7-12(11-15(14)28-21(22)23)8-10-17-24-19(26)18-13-5-3-2-4-6-16(13)29-20(18)25-17/h7-11,21H,2-6H2,1H3,(H,24,25,26)/b10-8+. The second kappa shape index (κ2) is 8.32. The van der Waals surface area contributed by atoms with Crippen LogP contribution in [0.25, 0.3) is 22.4 Å². The summed E-state index contributed by atoms with van der Waals surface area (Å²) in [7, 11) is 1.38. The molecule has 2 heterocycles. The summed E-state index contributed by atoms with van der Waals surface area (Å²) >= 11 is 1.59. The van der Waals surface area contributed by atoms with E-state index in [1.807, 2.05) is 0 Å². The molecule has 0 aliphatic heterocycles. The molecule has 152 valence electrons. The Balaban J connectivity index is 1.66. The first-order valence-corrected chi connectivity index (χ1v) is 10.2. The number of hydrogen-bond acceptors (Lipinski definition) is 5. The molecular formula is C21H20F2N2O3S. The van der Waals surface area contributed by atoms with Gasteiger partial charge >= 0.3 is 6.61 Å². The van der Waals surface area contributed by atoms with Crippen LogP contribution in [0.3, 0.4) is 0 Å². The Kier molecular flexibility index (Phi) is 5.62. The fourth-order valence-electron chi connectivity index (χ4n) is 3.60. The molecule has 8 heteroatoms. The van der Waals surface area contributed by atoms with E-state index >= 15 is 0 Å². The lowest BCUT2D eigenvalue weighted by molar-refractivity contribution is -0.0512. The van der Waals surface area contributed by atoms with Gasteiger partial charge in [-0.3, -0.25) is 4.79 Å². The van der Waals surface area contributed by atoms with Gasteiger partial charge in [-0.1, -0.05) is 18.6 Å². The number of aromatic nitrogens is 2. The summed E-state index contributed by atoms with van der Waals surface area (Å²) in [4.78, 5) is 22.1. The number of alkyl halides is 2. The highest BCUT2D eigenvalue weighted by Gasteiger charge is 2.18. The van der Waals surface area contributed by atoms with Crippen molar-refractivity contribution in [1.82, 2.24) is 9.97 Å². The summed E-state index contributed by atoms with van der Waals surface area (Å²) in [5.74, 6) is 0.588. The minimum atomic E-state index is -2.95. The number of halogens is 2. The van der Waals surface area contributed by atoms with E-state index in [1.165, 1.54) is 24.5 Å². The molecule has 2 aromatic heterocycles. The maximum atomic E-state index is 12.7. The van der Waals surface area contributed by atoms with Crippen LogP contribution in [0.2, 0.25) is 0 Å². The zero-order valence-electron chi connectivity index (χ0n) is 15.8. The fourth-order valence-corrected chi connectivity index (χ4v) is 4.87. The molecule has 29 heavy (non-hydrogen) atoms. The SMILES string of the molecule is COc1ccc(/C=C/c2nc3sc4c(c3c(=O)[nH]2)CCCCC4)cc1OC(F)F. The van der Waals surface area contributed by atoms with Gasteiger partial charge in [0.1, 0.15) is 10.7 Å². The van der Waals surface area contributed by atoms with Crippen molar-refractivity contribution in [2.75, 3.05) is 7.11 Å². The van der Waals surface area contributed by atoms with Gasteiger partial charge in [0.25, 0.3) is 5.56 Å². The number of H-pyrrole nitrogens is 1. The lowest BCUT2D eigenvalue weighted by Gasteiger charge is -2.10. The van der Waals surface area contributed by atoms with Crippen molar-refractivity contribution < 1.29 is 18.3 Å². The molecule has 0 radical (unpaired) electrons. The number of aromatic amines is 1. The van der Waals surface area contributed by atoms with Gasteiger partial charge in [0, 0.05) is 4.88 Å². The summed E-state index contributed by atoms with van der Waals surface area (Å²) in [5, 5.41) is 0.709. The molecule has 1 N–H and O–H groups in total. The lowest BCUT2D eigenvalue weighted by Crippen LogP contribution is -2.10. The largest absolute Gasteiger partial charge is 0.493 e. The Hall–Kier alpha value is -2.74. The van der Waals surface area contributed by atoms with Crippen molar-refractivity contribution in [2.24, 2.45) is 0 Å². The average Bonchev–Trinajstić information content (AvgIpc) is 2.88. The summed E-state index contributed by atoms with van der Waals surface area (Å²) in [6.45, 7) is -2.95. The van der Waals surface area contributed by atoms with Crippen LogP contribution in [-0.4, -0.2) is 23.7 Å². The summed E-state index contributed by atoms with van der Waals surface area (Å²) in [5.41, 5.74) is 1.63. The third kappa shape index (κ3) is 4.17. The highest BCUT2D eigenvalue weighted by Crippen LogP contribution is 2.33. The highest BCUT2D eigenvalue weighted by atomic mass is 32.1. The minimum Gasteiger partial charge on any atom is -0.493 e. The number of aryl methyl sites for hydroxylation is 2. The smallest absolute Gasteiger partial charge is 0.387 e. The molecule has 0 amide bonds. The molecule has 1 aliphatic rings. The van der Waals surface area contributed by atoms with E-state index in [4.69, 9.17) is 4.74 Å². The molecule has 3 aromatic rings. The maximum Gasteiger partial charge on any atom is 0.387 e. The number of ether oxygens (including phenoxy) is 2. The number of fused-ring (bicyclic) bond motifs is 3. The fraction of sp³-hybridized carbons (Fsp3) is 0.333. The third-order valence-electron chi connectivity index (χ3n) is 4.93. The summed E-state index contributed by atoms with van der Waals surface area (Å²) < 4.78 is 34.7. The Morgan fingerprint density at radius 3 is 2.79 bits per heavy atom. The molecule has 5 nitrogen and oxygen atoms in total. The van der Waals surface area contributed by atoms with Gasteiger partial charge in [-0.15, -0.1) is 11.3 Å². The van der Waals surface area contributed by atoms with Crippen molar-refractivity contribution in [3.63, 3.8) is 0 Å². The molecule has 1 aliphatic carbocycles. The molecular weight excluding hydrogens is 398 g/mol. The van der Waals surface area contributed by atoms with Crippen LogP contribution in [0, 0.1) is 0 Å². The number of nitrogens with zero attached hydrogens (tertiary/aromatic N) is 1. The van der Waals surface area contributed by atoms with Crippen molar-refractivity contribution >= 4 is 33.7 Å². The van der Waals surface area contributed by atoms with Crippen LogP contribution >= 0.6 is 11.3 Å². The predicted octanol–water partition coefficient (Wildman–Crippen LogP) is 5.03. The van der Waals surface area contributed by atoms with Gasteiger partial charge in [0.2, 0.25) is 0 Å². The quantitative estimate of drug-likeness (QED) is 0.590. The number of rotatable bonds is 5. The number of benzene rings is 1. The third-order valence-corrected chi connectivity index (χ3v) is 6.12. The van der Waals surface area contributed by atoms with Crippen molar-refractivity contribution in [1.29, 1.82) is 0 Å². The van der Waals surface area contributed by atoms with Gasteiger partial charge in [-0.25, -0.2) is 4.98 Å². The summed E-state index contributed by atoms with van der Waals surface area (Å²) in [6, 6.07) is 4.70. The van der Waals surface area contributed by atoms with Gasteiger partial charge < -0.3 is 14.5 Å². The monoisotopic (exact) mass is 418 g/mol. The van der Waals surface area contributed by atoms with Crippen LogP contribution in [-0.2, 0) is 12.8 Å². The zero-order chi connectivity index (χ0) is 20.4.